The van der Waals surface area contributed by atoms with Crippen LogP contribution in [-0.4, -0.2) is 11.9 Å². The molecule has 192 valence electrons. The zero-order valence-electron chi connectivity index (χ0n) is 21.9. The molecule has 0 saturated heterocycles. The number of carbonyl (C=O) groups excluding carboxylic acids is 2. The molecular weight excluding hydrogens is 452 g/mol. The summed E-state index contributed by atoms with van der Waals surface area (Å²) in [7, 11) is 0. The van der Waals surface area contributed by atoms with E-state index in [4.69, 9.17) is 6.64 Å². The van der Waals surface area contributed by atoms with Crippen molar-refractivity contribution < 1.29 is 35.6 Å². The molecule has 33 heavy (non-hydrogen) atoms. The van der Waals surface area contributed by atoms with E-state index in [1.807, 2.05) is 0 Å². The van der Waals surface area contributed by atoms with Crippen LogP contribution < -0.4 is 0 Å². The van der Waals surface area contributed by atoms with Crippen molar-refractivity contribution in [2.45, 2.75) is 127 Å². The van der Waals surface area contributed by atoms with Crippen molar-refractivity contribution in [3.05, 3.63) is 25.3 Å². The van der Waals surface area contributed by atoms with Gasteiger partial charge in [-0.15, -0.1) is 0 Å². The van der Waals surface area contributed by atoms with Gasteiger partial charge in [-0.05, 0) is 5.92 Å². The van der Waals surface area contributed by atoms with Gasteiger partial charge in [-0.3, -0.25) is 0 Å². The molecule has 0 aliphatic heterocycles. The van der Waals surface area contributed by atoms with E-state index in [-0.39, 0.29) is 4.73 Å². The van der Waals surface area contributed by atoms with E-state index >= 15 is 0 Å². The van der Waals surface area contributed by atoms with Crippen LogP contribution in [0.25, 0.3) is 0 Å². The van der Waals surface area contributed by atoms with Crippen LogP contribution in [0.15, 0.2) is 25.3 Å². The second kappa shape index (κ2) is 17.4. The van der Waals surface area contributed by atoms with E-state index < -0.39 is 32.2 Å². The Bertz CT molecular complexity index is 625. The normalized spacial score (nSPS) is 12.1. The van der Waals surface area contributed by atoms with Gasteiger partial charge in [-0.25, -0.2) is 0 Å². The van der Waals surface area contributed by atoms with Crippen molar-refractivity contribution >= 4 is 11.9 Å². The molecule has 0 saturated carbocycles. The molecule has 0 fully saturated rings. The van der Waals surface area contributed by atoms with Gasteiger partial charge < -0.3 is 0 Å². The van der Waals surface area contributed by atoms with E-state index in [1.165, 1.54) is 64.2 Å². The van der Waals surface area contributed by atoms with Crippen molar-refractivity contribution in [3.63, 3.8) is 0 Å². The minimum atomic E-state index is -5.56. The molecule has 0 atom stereocenters. The predicted molar refractivity (Wildman–Crippen MR) is 133 cm³/mol. The van der Waals surface area contributed by atoms with Gasteiger partial charge in [0.25, 0.3) is 0 Å². The van der Waals surface area contributed by atoms with Crippen molar-refractivity contribution in [3.8, 4) is 0 Å². The van der Waals surface area contributed by atoms with Crippen LogP contribution in [0.5, 0.6) is 0 Å². The fraction of sp³-hybridized carbons (Fsp3) is 0.778. The Balaban J connectivity index is 4.15. The summed E-state index contributed by atoms with van der Waals surface area (Å²) in [5.41, 5.74) is 0. The molecule has 6 heteroatoms. The molecular formula is C27H50O5Ti. The fourth-order valence-corrected chi connectivity index (χ4v) is 9.08. The standard InChI is InChI=1S/C18H37.2C3H4O2.C3H7.O.Ti/c1-4-5-6-7-8-9-10-11-12-13-14-15-16-17-18(2)3;2*1-2-3(4)5;1-3-2;;/h18H,1,4-17H2,2-3H3;2*2H,1H2,(H,4,5);3H,1-2H3;;/q;;;;;+2/p-2. The van der Waals surface area contributed by atoms with Crippen LogP contribution in [0.4, 0.5) is 0 Å². The first-order chi connectivity index (χ1) is 15.6. The molecule has 0 rings (SSSR count). The van der Waals surface area contributed by atoms with Gasteiger partial charge in [0.15, 0.2) is 0 Å². The summed E-state index contributed by atoms with van der Waals surface area (Å²) in [5, 5.41) is 0. The third-order valence-electron chi connectivity index (χ3n) is 6.49. The SMILES string of the molecule is C=CC(=O)[O][Ti](=[O])([CH2]CCCCCCCCCCCCCCC(C)C)([O]C(=O)C=C)[CH](C)C. The fourth-order valence-electron chi connectivity index (χ4n) is 4.09. The average molecular weight is 503 g/mol. The number of unbranched alkanes of at least 4 members (excludes halogenated alkanes) is 12. The second-order valence-electron chi connectivity index (χ2n) is 10.2. The topological polar surface area (TPSA) is 69.7 Å². The molecule has 0 bridgehead atoms. The Hall–Kier alpha value is -1.07. The van der Waals surface area contributed by atoms with Crippen molar-refractivity contribution in [1.82, 2.24) is 0 Å². The molecule has 0 radical (unpaired) electrons. The van der Waals surface area contributed by atoms with Crippen molar-refractivity contribution in [2.24, 2.45) is 5.92 Å². The average Bonchev–Trinajstić information content (AvgIpc) is 2.75. The first-order valence-corrected chi connectivity index (χ1v) is 17.1. The second-order valence-corrected chi connectivity index (χ2v) is 17.3. The Kier molecular flexibility index (Phi) is 16.8. The van der Waals surface area contributed by atoms with Gasteiger partial charge in [-0.1, -0.05) is 33.1 Å². The minimum absolute atomic E-state index is 0.0885. The molecule has 0 aromatic heterocycles. The number of carbonyl (C=O) groups is 2. The van der Waals surface area contributed by atoms with Gasteiger partial charge in [0.05, 0.1) is 0 Å². The molecule has 5 nitrogen and oxygen atoms in total. The monoisotopic (exact) mass is 502 g/mol. The third kappa shape index (κ3) is 14.0. The zero-order valence-corrected chi connectivity index (χ0v) is 23.4. The molecule has 0 N–H and O–H groups in total. The van der Waals surface area contributed by atoms with Crippen LogP contribution in [-0.2, 0) is 35.6 Å². The van der Waals surface area contributed by atoms with E-state index in [0.717, 1.165) is 37.3 Å². The van der Waals surface area contributed by atoms with Gasteiger partial charge >= 0.3 is 166 Å². The first kappa shape index (κ1) is 31.9. The molecule has 0 aliphatic rings. The van der Waals surface area contributed by atoms with Gasteiger partial charge in [0, 0.05) is 0 Å². The predicted octanol–water partition coefficient (Wildman–Crippen LogP) is 8.67. The van der Waals surface area contributed by atoms with E-state index in [1.54, 1.807) is 13.8 Å². The summed E-state index contributed by atoms with van der Waals surface area (Å²) >= 11 is -5.56. The summed E-state index contributed by atoms with van der Waals surface area (Å²) < 4.78 is 24.0. The summed E-state index contributed by atoms with van der Waals surface area (Å²) in [6.07, 6.45) is 18.8. The van der Waals surface area contributed by atoms with Crippen LogP contribution >= 0.6 is 0 Å². The summed E-state index contributed by atoms with van der Waals surface area (Å²) in [4.78, 5) is 23.7. The molecule has 0 heterocycles. The Morgan fingerprint density at radius 1 is 0.667 bits per heavy atom. The summed E-state index contributed by atoms with van der Waals surface area (Å²) in [5.74, 6) is -0.803. The molecule has 0 aromatic carbocycles. The quantitative estimate of drug-likeness (QED) is 0.0892. The van der Waals surface area contributed by atoms with Gasteiger partial charge in [-0.2, -0.15) is 0 Å². The van der Waals surface area contributed by atoms with Crippen LogP contribution in [0, 0.1) is 5.92 Å². The Labute approximate surface area is 204 Å². The zero-order chi connectivity index (χ0) is 25.2. The first-order valence-electron chi connectivity index (χ1n) is 13.2. The van der Waals surface area contributed by atoms with Crippen LogP contribution in [0.3, 0.4) is 0 Å². The van der Waals surface area contributed by atoms with Crippen molar-refractivity contribution in [1.29, 1.82) is 0 Å². The molecule has 0 aromatic rings. The molecule has 0 spiro atoms. The van der Waals surface area contributed by atoms with E-state index in [9.17, 15) is 12.9 Å². The Morgan fingerprint density at radius 2 is 1.00 bits per heavy atom. The van der Waals surface area contributed by atoms with Crippen LogP contribution in [0.1, 0.15) is 118 Å². The molecule has 0 aliphatic carbocycles. The third-order valence-corrected chi connectivity index (χ3v) is 13.9. The number of hydrogen-bond acceptors (Lipinski definition) is 5. The number of rotatable bonds is 21. The maximum atomic E-state index is 13.9. The van der Waals surface area contributed by atoms with E-state index in [2.05, 4.69) is 27.0 Å². The molecule has 0 unspecified atom stereocenters. The molecule has 0 amide bonds. The summed E-state index contributed by atoms with van der Waals surface area (Å²) in [6.45, 7) is 14.7. The maximum absolute atomic E-state index is 13.9. The van der Waals surface area contributed by atoms with Crippen LogP contribution in [0.2, 0.25) is 8.95 Å². The van der Waals surface area contributed by atoms with E-state index in [0.29, 0.717) is 6.42 Å². The summed E-state index contributed by atoms with van der Waals surface area (Å²) in [6, 6.07) is 0. The van der Waals surface area contributed by atoms with Gasteiger partial charge in [0.2, 0.25) is 0 Å². The van der Waals surface area contributed by atoms with Gasteiger partial charge in [0.1, 0.15) is 0 Å². The van der Waals surface area contributed by atoms with Crippen molar-refractivity contribution in [2.75, 3.05) is 0 Å². The Morgan fingerprint density at radius 3 is 1.30 bits per heavy atom. The number of hydrogen-bond donors (Lipinski definition) is 0.